The minimum atomic E-state index is -0.198. The number of ether oxygens (including phenoxy) is 3. The number of nitrogens with one attached hydrogen (secondary N) is 1. The van der Waals surface area contributed by atoms with Crippen molar-refractivity contribution < 1.29 is 19.0 Å². The number of rotatable bonds is 9. The number of aryl methyl sites for hydroxylation is 1. The van der Waals surface area contributed by atoms with Crippen LogP contribution in [0.2, 0.25) is 0 Å². The van der Waals surface area contributed by atoms with Gasteiger partial charge in [0.2, 0.25) is 5.75 Å². The first-order chi connectivity index (χ1) is 13.0. The van der Waals surface area contributed by atoms with Gasteiger partial charge in [0, 0.05) is 26.3 Å². The Hall–Kier alpha value is -2.89. The molecule has 0 spiro atoms. The fourth-order valence-electron chi connectivity index (χ4n) is 2.83. The summed E-state index contributed by atoms with van der Waals surface area (Å²) in [5.41, 5.74) is 2.84. The molecule has 0 aliphatic rings. The lowest BCUT2D eigenvalue weighted by atomic mass is 10.1. The van der Waals surface area contributed by atoms with Gasteiger partial charge in [-0.1, -0.05) is 12.1 Å². The summed E-state index contributed by atoms with van der Waals surface area (Å²) in [6, 6.07) is 11.8. The molecule has 0 aromatic heterocycles. The number of benzene rings is 2. The first-order valence-corrected chi connectivity index (χ1v) is 8.85. The molecule has 2 aromatic rings. The van der Waals surface area contributed by atoms with E-state index < -0.39 is 0 Å². The van der Waals surface area contributed by atoms with Crippen molar-refractivity contribution in [1.82, 2.24) is 5.32 Å². The van der Waals surface area contributed by atoms with Crippen LogP contribution in [0.1, 0.15) is 22.3 Å². The van der Waals surface area contributed by atoms with Crippen molar-refractivity contribution in [2.45, 2.75) is 12.8 Å². The van der Waals surface area contributed by atoms with Gasteiger partial charge in [0.1, 0.15) is 0 Å². The molecule has 146 valence electrons. The molecule has 0 fully saturated rings. The molecule has 2 rings (SSSR count). The molecule has 0 aliphatic heterocycles. The summed E-state index contributed by atoms with van der Waals surface area (Å²) in [6.45, 7) is 0.575. The number of nitrogens with zero attached hydrogens (tertiary/aromatic N) is 1. The number of hydrogen-bond acceptors (Lipinski definition) is 5. The van der Waals surface area contributed by atoms with Crippen molar-refractivity contribution in [2.75, 3.05) is 46.9 Å². The van der Waals surface area contributed by atoms with Gasteiger partial charge in [0.15, 0.2) is 11.5 Å². The van der Waals surface area contributed by atoms with Crippen LogP contribution in [0.5, 0.6) is 17.2 Å². The Morgan fingerprint density at radius 3 is 2.15 bits per heavy atom. The summed E-state index contributed by atoms with van der Waals surface area (Å²) in [4.78, 5) is 14.6. The average Bonchev–Trinajstić information content (AvgIpc) is 2.69. The third-order valence-electron chi connectivity index (χ3n) is 4.33. The van der Waals surface area contributed by atoms with E-state index in [9.17, 15) is 4.79 Å². The third kappa shape index (κ3) is 5.06. The van der Waals surface area contributed by atoms with Crippen LogP contribution in [-0.2, 0) is 6.42 Å². The normalized spacial score (nSPS) is 10.3. The highest BCUT2D eigenvalue weighted by Gasteiger charge is 2.20. The third-order valence-corrected chi connectivity index (χ3v) is 4.33. The van der Waals surface area contributed by atoms with E-state index >= 15 is 0 Å². The van der Waals surface area contributed by atoms with Gasteiger partial charge in [-0.15, -0.1) is 0 Å². The van der Waals surface area contributed by atoms with Crippen LogP contribution in [0.4, 0.5) is 5.69 Å². The first kappa shape index (κ1) is 20.4. The lowest BCUT2D eigenvalue weighted by Crippen LogP contribution is -2.25. The largest absolute Gasteiger partial charge is 0.493 e. The number of carbonyl (C=O) groups is 1. The molecule has 0 bridgehead atoms. The molecule has 0 atom stereocenters. The summed E-state index contributed by atoms with van der Waals surface area (Å²) in [6.07, 6.45) is 1.75. The standard InChI is InChI=1S/C21H28N2O4/c1-23(2)16-10-8-15(9-11-16)7-6-14-22-21(24)17-12-13-18(25-3)20(27-5)19(17)26-4/h8-13H,6-7,14H2,1-5H3,(H,22,24). The van der Waals surface area contributed by atoms with E-state index in [4.69, 9.17) is 14.2 Å². The van der Waals surface area contributed by atoms with Gasteiger partial charge in [-0.3, -0.25) is 4.79 Å². The SMILES string of the molecule is COc1ccc(C(=O)NCCCc2ccc(N(C)C)cc2)c(OC)c1OC. The maximum absolute atomic E-state index is 12.5. The van der Waals surface area contributed by atoms with E-state index in [1.165, 1.54) is 25.5 Å². The number of anilines is 1. The maximum Gasteiger partial charge on any atom is 0.255 e. The molecule has 0 unspecified atom stereocenters. The second kappa shape index (κ2) is 9.71. The van der Waals surface area contributed by atoms with Gasteiger partial charge < -0.3 is 24.4 Å². The van der Waals surface area contributed by atoms with Crippen LogP contribution in [-0.4, -0.2) is 47.9 Å². The Bertz CT molecular complexity index is 758. The summed E-state index contributed by atoms with van der Waals surface area (Å²) < 4.78 is 15.9. The van der Waals surface area contributed by atoms with Gasteiger partial charge in [0.25, 0.3) is 5.91 Å². The van der Waals surface area contributed by atoms with Crippen LogP contribution in [0.3, 0.4) is 0 Å². The van der Waals surface area contributed by atoms with Crippen molar-refractivity contribution in [2.24, 2.45) is 0 Å². The Morgan fingerprint density at radius 2 is 1.59 bits per heavy atom. The van der Waals surface area contributed by atoms with E-state index in [1.54, 1.807) is 19.2 Å². The number of methoxy groups -OCH3 is 3. The smallest absolute Gasteiger partial charge is 0.255 e. The zero-order valence-electron chi connectivity index (χ0n) is 16.7. The highest BCUT2D eigenvalue weighted by atomic mass is 16.5. The van der Waals surface area contributed by atoms with Crippen molar-refractivity contribution in [3.05, 3.63) is 47.5 Å². The molecule has 0 saturated heterocycles. The quantitative estimate of drug-likeness (QED) is 0.685. The minimum Gasteiger partial charge on any atom is -0.493 e. The molecule has 0 aliphatic carbocycles. The second-order valence-electron chi connectivity index (χ2n) is 6.30. The van der Waals surface area contributed by atoms with Crippen molar-refractivity contribution in [3.8, 4) is 17.2 Å². The summed E-state index contributed by atoms with van der Waals surface area (Å²) in [5.74, 6) is 1.10. The van der Waals surface area contributed by atoms with E-state index in [2.05, 4.69) is 34.5 Å². The fraction of sp³-hybridized carbons (Fsp3) is 0.381. The molecule has 6 nitrogen and oxygen atoms in total. The van der Waals surface area contributed by atoms with Crippen LogP contribution < -0.4 is 24.4 Å². The number of hydrogen-bond donors (Lipinski definition) is 1. The molecule has 1 N–H and O–H groups in total. The van der Waals surface area contributed by atoms with Gasteiger partial charge >= 0.3 is 0 Å². The maximum atomic E-state index is 12.5. The predicted molar refractivity (Wildman–Crippen MR) is 108 cm³/mol. The topological polar surface area (TPSA) is 60.0 Å². The Morgan fingerprint density at radius 1 is 0.926 bits per heavy atom. The van der Waals surface area contributed by atoms with Crippen molar-refractivity contribution in [1.29, 1.82) is 0 Å². The molecule has 27 heavy (non-hydrogen) atoms. The van der Waals surface area contributed by atoms with E-state index in [1.807, 2.05) is 14.1 Å². The highest BCUT2D eigenvalue weighted by molar-refractivity contribution is 5.98. The van der Waals surface area contributed by atoms with Gasteiger partial charge in [-0.2, -0.15) is 0 Å². The minimum absolute atomic E-state index is 0.198. The zero-order valence-corrected chi connectivity index (χ0v) is 16.7. The van der Waals surface area contributed by atoms with Crippen LogP contribution in [0, 0.1) is 0 Å². The molecule has 0 heterocycles. The monoisotopic (exact) mass is 372 g/mol. The van der Waals surface area contributed by atoms with Crippen LogP contribution >= 0.6 is 0 Å². The molecular weight excluding hydrogens is 344 g/mol. The lowest BCUT2D eigenvalue weighted by molar-refractivity contribution is 0.0949. The molecule has 6 heteroatoms. The van der Waals surface area contributed by atoms with E-state index in [0.717, 1.165) is 12.8 Å². The Labute approximate surface area is 161 Å². The van der Waals surface area contributed by atoms with Gasteiger partial charge in [-0.25, -0.2) is 0 Å². The molecular formula is C21H28N2O4. The Balaban J connectivity index is 1.94. The molecule has 0 radical (unpaired) electrons. The zero-order chi connectivity index (χ0) is 19.8. The molecule has 0 saturated carbocycles. The first-order valence-electron chi connectivity index (χ1n) is 8.85. The number of carbonyl (C=O) groups excluding carboxylic acids is 1. The summed E-state index contributed by atoms with van der Waals surface area (Å²) in [7, 11) is 8.61. The molecule has 2 aromatic carbocycles. The lowest BCUT2D eigenvalue weighted by Gasteiger charge is -2.15. The Kier molecular flexibility index (Phi) is 7.34. The van der Waals surface area contributed by atoms with Crippen molar-refractivity contribution >= 4 is 11.6 Å². The summed E-state index contributed by atoms with van der Waals surface area (Å²) >= 11 is 0. The van der Waals surface area contributed by atoms with Gasteiger partial charge in [-0.05, 0) is 42.7 Å². The highest BCUT2D eigenvalue weighted by Crippen LogP contribution is 2.39. The second-order valence-corrected chi connectivity index (χ2v) is 6.30. The van der Waals surface area contributed by atoms with Crippen LogP contribution in [0.25, 0.3) is 0 Å². The van der Waals surface area contributed by atoms with E-state index in [0.29, 0.717) is 29.4 Å². The average molecular weight is 372 g/mol. The number of amides is 1. The van der Waals surface area contributed by atoms with Crippen molar-refractivity contribution in [3.63, 3.8) is 0 Å². The summed E-state index contributed by atoms with van der Waals surface area (Å²) in [5, 5.41) is 2.94. The predicted octanol–water partition coefficient (Wildman–Crippen LogP) is 3.14. The fourth-order valence-corrected chi connectivity index (χ4v) is 2.83. The van der Waals surface area contributed by atoms with Crippen LogP contribution in [0.15, 0.2) is 36.4 Å². The molecule has 1 amide bonds. The van der Waals surface area contributed by atoms with Gasteiger partial charge in [0.05, 0.1) is 26.9 Å². The van der Waals surface area contributed by atoms with E-state index in [-0.39, 0.29) is 5.91 Å².